The number of hydrogen-bond acceptors (Lipinski definition) is 6. The summed E-state index contributed by atoms with van der Waals surface area (Å²) in [6.45, 7) is 0.569. The predicted octanol–water partition coefficient (Wildman–Crippen LogP) is 5.16. The maximum absolute atomic E-state index is 13.9. The molecule has 2 aromatic heterocycles. The van der Waals surface area contributed by atoms with Crippen LogP contribution in [0, 0.1) is 0 Å². The number of aromatic nitrogens is 4. The molecule has 38 heavy (non-hydrogen) atoms. The van der Waals surface area contributed by atoms with E-state index in [1.165, 1.54) is 11.2 Å². The van der Waals surface area contributed by atoms with E-state index in [0.29, 0.717) is 46.9 Å². The molecule has 4 aromatic rings. The summed E-state index contributed by atoms with van der Waals surface area (Å²) in [4.78, 5) is 42.0. The van der Waals surface area contributed by atoms with Crippen LogP contribution in [0.2, 0.25) is 10.0 Å². The molecule has 192 valence electrons. The topological polar surface area (TPSA) is 104 Å². The van der Waals surface area contributed by atoms with Crippen LogP contribution < -0.4 is 9.80 Å². The highest BCUT2D eigenvalue weighted by Crippen LogP contribution is 2.43. The fourth-order valence-electron chi connectivity index (χ4n) is 5.27. The lowest BCUT2D eigenvalue weighted by molar-refractivity contribution is -0.138. The van der Waals surface area contributed by atoms with E-state index in [1.807, 2.05) is 33.7 Å². The zero-order valence-electron chi connectivity index (χ0n) is 20.0. The number of anilines is 3. The minimum atomic E-state index is -0.891. The van der Waals surface area contributed by atoms with Gasteiger partial charge in [-0.2, -0.15) is 0 Å². The van der Waals surface area contributed by atoms with Gasteiger partial charge >= 0.3 is 5.97 Å². The molecule has 1 amide bonds. The first kappa shape index (κ1) is 24.4. The number of carbonyl (C=O) groups excluding carboxylic acids is 1. The van der Waals surface area contributed by atoms with E-state index in [1.54, 1.807) is 36.8 Å². The van der Waals surface area contributed by atoms with Crippen LogP contribution in [0.15, 0.2) is 67.4 Å². The van der Waals surface area contributed by atoms with Gasteiger partial charge in [-0.05, 0) is 42.2 Å². The third-order valence-electron chi connectivity index (χ3n) is 6.99. The summed E-state index contributed by atoms with van der Waals surface area (Å²) in [7, 11) is 0. The molecule has 9 nitrogen and oxygen atoms in total. The van der Waals surface area contributed by atoms with E-state index in [0.717, 1.165) is 23.1 Å². The smallest absolute Gasteiger partial charge is 0.326 e. The number of hydrogen-bond donors (Lipinski definition) is 1. The van der Waals surface area contributed by atoms with Gasteiger partial charge in [0.25, 0.3) is 5.91 Å². The van der Waals surface area contributed by atoms with Gasteiger partial charge < -0.3 is 10.0 Å². The van der Waals surface area contributed by atoms with Crippen molar-refractivity contribution in [1.29, 1.82) is 0 Å². The van der Waals surface area contributed by atoms with E-state index in [2.05, 4.69) is 15.0 Å². The van der Waals surface area contributed by atoms with E-state index in [9.17, 15) is 14.7 Å². The molecule has 0 radical (unpaired) electrons. The molecule has 2 aliphatic rings. The molecule has 0 bridgehead atoms. The molecule has 2 aromatic carbocycles. The normalized spacial score (nSPS) is 18.7. The number of amides is 1. The Morgan fingerprint density at radius 2 is 1.71 bits per heavy atom. The van der Waals surface area contributed by atoms with Crippen LogP contribution in [-0.4, -0.2) is 49.1 Å². The average Bonchev–Trinajstić information content (AvgIpc) is 3.61. The molecule has 2 atom stereocenters. The first-order valence-electron chi connectivity index (χ1n) is 12.1. The first-order chi connectivity index (χ1) is 18.4. The minimum Gasteiger partial charge on any atom is -0.480 e. The maximum atomic E-state index is 13.9. The number of aliphatic carboxylic acids is 1. The summed E-state index contributed by atoms with van der Waals surface area (Å²) < 4.78 is 1.84. The van der Waals surface area contributed by atoms with Crippen molar-refractivity contribution in [3.63, 3.8) is 0 Å². The van der Waals surface area contributed by atoms with Crippen LogP contribution in [-0.2, 0) is 16.0 Å². The number of carbonyl (C=O) groups is 2. The molecular formula is C27H22Cl2N6O3. The lowest BCUT2D eigenvalue weighted by Crippen LogP contribution is -2.37. The summed E-state index contributed by atoms with van der Waals surface area (Å²) in [5.41, 5.74) is 3.31. The van der Waals surface area contributed by atoms with Gasteiger partial charge in [0, 0.05) is 41.0 Å². The third-order valence-corrected chi connectivity index (χ3v) is 7.43. The van der Waals surface area contributed by atoms with Crippen LogP contribution in [0.3, 0.4) is 0 Å². The first-order valence-corrected chi connectivity index (χ1v) is 12.9. The summed E-state index contributed by atoms with van der Waals surface area (Å²) in [6.07, 6.45) is 8.29. The van der Waals surface area contributed by atoms with Gasteiger partial charge in [0.2, 0.25) is 5.95 Å². The molecular weight excluding hydrogens is 527 g/mol. The Kier molecular flexibility index (Phi) is 6.25. The molecule has 0 spiro atoms. The number of rotatable bonds is 6. The monoisotopic (exact) mass is 548 g/mol. The molecule has 0 aliphatic carbocycles. The van der Waals surface area contributed by atoms with Gasteiger partial charge in [0.15, 0.2) is 0 Å². The highest BCUT2D eigenvalue weighted by molar-refractivity contribution is 6.35. The molecule has 6 rings (SSSR count). The Morgan fingerprint density at radius 1 is 1.00 bits per heavy atom. The van der Waals surface area contributed by atoms with Gasteiger partial charge in [-0.1, -0.05) is 47.5 Å². The number of carboxylic acids is 1. The number of imidazole rings is 1. The second-order valence-corrected chi connectivity index (χ2v) is 10.2. The molecule has 2 aliphatic heterocycles. The average molecular weight is 549 g/mol. The van der Waals surface area contributed by atoms with Crippen molar-refractivity contribution < 1.29 is 14.7 Å². The summed E-state index contributed by atoms with van der Waals surface area (Å²) >= 11 is 12.5. The summed E-state index contributed by atoms with van der Waals surface area (Å²) in [5, 5.41) is 10.6. The fourth-order valence-corrected chi connectivity index (χ4v) is 5.78. The standard InChI is InChI=1S/C27H22Cl2N6O3/c28-19-9-20(29)11-21(10-19)34-25(36)23(8-16-3-5-17(6-4-16)18-12-30-15-31-13-18)35-24(14-32-27(34)35)33-7-1-2-22(33)26(37)38/h3-6,9-15,22-23H,1-2,7-8H2,(H,37,38). The number of fused-ring (bicyclic) bond motifs is 1. The highest BCUT2D eigenvalue weighted by Gasteiger charge is 2.44. The Labute approximate surface area is 228 Å². The van der Waals surface area contributed by atoms with Crippen molar-refractivity contribution in [2.75, 3.05) is 16.3 Å². The van der Waals surface area contributed by atoms with E-state index < -0.39 is 18.1 Å². The predicted molar refractivity (Wildman–Crippen MR) is 144 cm³/mol. The van der Waals surface area contributed by atoms with Gasteiger partial charge in [-0.25, -0.2) is 24.6 Å². The van der Waals surface area contributed by atoms with Crippen LogP contribution in [0.5, 0.6) is 0 Å². The van der Waals surface area contributed by atoms with Crippen LogP contribution in [0.1, 0.15) is 24.4 Å². The molecule has 0 saturated carbocycles. The van der Waals surface area contributed by atoms with Crippen molar-refractivity contribution >= 4 is 52.5 Å². The van der Waals surface area contributed by atoms with Crippen LogP contribution in [0.4, 0.5) is 17.5 Å². The van der Waals surface area contributed by atoms with Crippen molar-refractivity contribution in [3.8, 4) is 11.1 Å². The number of halogens is 2. The van der Waals surface area contributed by atoms with Gasteiger partial charge in [0.1, 0.15) is 24.2 Å². The Hall–Kier alpha value is -3.95. The molecule has 4 heterocycles. The third kappa shape index (κ3) is 4.27. The van der Waals surface area contributed by atoms with Gasteiger partial charge in [0.05, 0.1) is 11.9 Å². The van der Waals surface area contributed by atoms with Crippen molar-refractivity contribution in [3.05, 3.63) is 83.0 Å². The highest BCUT2D eigenvalue weighted by atomic mass is 35.5. The van der Waals surface area contributed by atoms with Crippen molar-refractivity contribution in [2.24, 2.45) is 0 Å². The van der Waals surface area contributed by atoms with Crippen LogP contribution in [0.25, 0.3) is 11.1 Å². The van der Waals surface area contributed by atoms with Crippen molar-refractivity contribution in [1.82, 2.24) is 19.5 Å². The zero-order valence-corrected chi connectivity index (χ0v) is 21.5. The largest absolute Gasteiger partial charge is 0.480 e. The van der Waals surface area contributed by atoms with Gasteiger partial charge in [-0.15, -0.1) is 0 Å². The summed E-state index contributed by atoms with van der Waals surface area (Å²) in [5.74, 6) is -0.0727. The van der Waals surface area contributed by atoms with Crippen molar-refractivity contribution in [2.45, 2.75) is 31.3 Å². The van der Waals surface area contributed by atoms with Crippen LogP contribution >= 0.6 is 23.2 Å². The molecule has 11 heteroatoms. The quantitative estimate of drug-likeness (QED) is 0.354. The van der Waals surface area contributed by atoms with E-state index >= 15 is 0 Å². The van der Waals surface area contributed by atoms with E-state index in [-0.39, 0.29) is 5.91 Å². The Bertz CT molecular complexity index is 1510. The Balaban J connectivity index is 1.40. The Morgan fingerprint density at radius 3 is 2.39 bits per heavy atom. The lowest BCUT2D eigenvalue weighted by atomic mass is 10.0. The molecule has 1 fully saturated rings. The maximum Gasteiger partial charge on any atom is 0.326 e. The second-order valence-electron chi connectivity index (χ2n) is 9.32. The van der Waals surface area contributed by atoms with E-state index in [4.69, 9.17) is 23.2 Å². The number of nitrogens with zero attached hydrogens (tertiary/aromatic N) is 6. The molecule has 1 saturated heterocycles. The van der Waals surface area contributed by atoms with Gasteiger partial charge in [-0.3, -0.25) is 9.36 Å². The SMILES string of the molecule is O=C(O)C1CCCN1c1cnc2n1C(Cc1ccc(-c3cncnc3)cc1)C(=O)N2c1cc(Cl)cc(Cl)c1. The number of benzene rings is 2. The summed E-state index contributed by atoms with van der Waals surface area (Å²) in [6, 6.07) is 11.5. The lowest BCUT2D eigenvalue weighted by Gasteiger charge is -2.25. The second kappa shape index (κ2) is 9.74. The zero-order chi connectivity index (χ0) is 26.4. The minimum absolute atomic E-state index is 0.195. The molecule has 2 unspecified atom stereocenters. The molecule has 1 N–H and O–H groups in total. The number of carboxylic acid groups (broad SMARTS) is 1. The fraction of sp³-hybridized carbons (Fsp3) is 0.222.